The molecule has 0 unspecified atom stereocenters. The van der Waals surface area contributed by atoms with E-state index in [0.29, 0.717) is 0 Å². The second kappa shape index (κ2) is 3.94. The molecule has 0 radical (unpaired) electrons. The van der Waals surface area contributed by atoms with E-state index in [2.05, 4.69) is 0 Å². The van der Waals surface area contributed by atoms with Crippen LogP contribution in [0, 0.1) is 5.92 Å². The average molecular weight is 179 g/mol. The third-order valence-corrected chi connectivity index (χ3v) is 1.72. The summed E-state index contributed by atoms with van der Waals surface area (Å²) in [5, 5.41) is 9.32. The van der Waals surface area contributed by atoms with Gasteiger partial charge < -0.3 is 5.11 Å². The number of allylic oxidation sites excluding steroid dienone is 2. The van der Waals surface area contributed by atoms with Gasteiger partial charge in [-0.1, -0.05) is 13.8 Å². The number of aliphatic hydroxyl groups is 1. The molecule has 0 aliphatic carbocycles. The van der Waals surface area contributed by atoms with Crippen LogP contribution >= 0.6 is 0 Å². The van der Waals surface area contributed by atoms with Crippen molar-refractivity contribution in [2.45, 2.75) is 13.8 Å². The van der Waals surface area contributed by atoms with Gasteiger partial charge >= 0.3 is 0 Å². The van der Waals surface area contributed by atoms with Gasteiger partial charge in [-0.25, -0.2) is 0 Å². The molecule has 0 aromatic carbocycles. The normalized spacial score (nSPS) is 12.1. The Kier molecular flexibility index (Phi) is 2.90. The van der Waals surface area contributed by atoms with Crippen LogP contribution in [0.1, 0.15) is 18.6 Å². The lowest BCUT2D eigenvalue weighted by Gasteiger charge is -2.02. The molecule has 0 fully saturated rings. The van der Waals surface area contributed by atoms with E-state index < -0.39 is 0 Å². The number of hydrogen-bond acceptors (Lipinski definition) is 2. The molecule has 1 aromatic heterocycles. The van der Waals surface area contributed by atoms with Gasteiger partial charge in [0.15, 0.2) is 0 Å². The Morgan fingerprint density at radius 3 is 2.38 bits per heavy atom. The summed E-state index contributed by atoms with van der Waals surface area (Å²) in [6, 6.07) is 3.52. The van der Waals surface area contributed by atoms with Gasteiger partial charge in [0.1, 0.15) is 5.76 Å². The van der Waals surface area contributed by atoms with E-state index >= 15 is 0 Å². The van der Waals surface area contributed by atoms with E-state index in [1.807, 2.05) is 13.8 Å². The Bertz CT molecular complexity index is 310. The third-order valence-electron chi connectivity index (χ3n) is 1.72. The van der Waals surface area contributed by atoms with Gasteiger partial charge in [-0.15, -0.1) is 0 Å². The maximum Gasteiger partial charge on any atom is 0.257 e. The van der Waals surface area contributed by atoms with Gasteiger partial charge in [-0.3, -0.25) is 9.36 Å². The van der Waals surface area contributed by atoms with Crippen molar-refractivity contribution in [3.05, 3.63) is 36.4 Å². The van der Waals surface area contributed by atoms with Gasteiger partial charge in [0.05, 0.1) is 0 Å². The lowest BCUT2D eigenvalue weighted by molar-refractivity contribution is 0.0963. The fraction of sp³-hybridized carbons (Fsp3) is 0.300. The van der Waals surface area contributed by atoms with Crippen LogP contribution in [-0.2, 0) is 0 Å². The Morgan fingerprint density at radius 1 is 1.38 bits per heavy atom. The van der Waals surface area contributed by atoms with Crippen molar-refractivity contribution < 1.29 is 9.90 Å². The summed E-state index contributed by atoms with van der Waals surface area (Å²) in [6.07, 6.45) is 4.53. The summed E-state index contributed by atoms with van der Waals surface area (Å²) >= 11 is 0. The first-order chi connectivity index (χ1) is 6.11. The highest BCUT2D eigenvalue weighted by molar-refractivity contribution is 5.90. The first-order valence-corrected chi connectivity index (χ1v) is 4.19. The molecule has 0 saturated carbocycles. The number of hydrogen-bond donors (Lipinski definition) is 1. The lowest BCUT2D eigenvalue weighted by atomic mass is 10.1. The molecule has 13 heavy (non-hydrogen) atoms. The van der Waals surface area contributed by atoms with Crippen LogP contribution in [0.25, 0.3) is 0 Å². The Hall–Kier alpha value is -1.51. The quantitative estimate of drug-likeness (QED) is 0.558. The summed E-state index contributed by atoms with van der Waals surface area (Å²) in [6.45, 7) is 3.66. The van der Waals surface area contributed by atoms with Crippen LogP contribution in [0.2, 0.25) is 0 Å². The molecule has 1 heterocycles. The van der Waals surface area contributed by atoms with Crippen LogP contribution in [0.3, 0.4) is 0 Å². The van der Waals surface area contributed by atoms with Crippen molar-refractivity contribution in [2.75, 3.05) is 0 Å². The van der Waals surface area contributed by atoms with Crippen molar-refractivity contribution in [3.8, 4) is 0 Å². The molecular formula is C10H13NO2. The Labute approximate surface area is 77.3 Å². The monoisotopic (exact) mass is 179 g/mol. The van der Waals surface area contributed by atoms with Crippen LogP contribution in [0.15, 0.2) is 36.4 Å². The molecule has 0 saturated heterocycles. The molecule has 1 aromatic rings. The van der Waals surface area contributed by atoms with Gasteiger partial charge in [-0.05, 0) is 12.1 Å². The fourth-order valence-corrected chi connectivity index (χ4v) is 0.849. The van der Waals surface area contributed by atoms with E-state index in [1.165, 1.54) is 10.6 Å². The first-order valence-electron chi connectivity index (χ1n) is 4.19. The van der Waals surface area contributed by atoms with Crippen LogP contribution < -0.4 is 0 Å². The minimum atomic E-state index is -0.226. The number of aromatic nitrogens is 1. The highest BCUT2D eigenvalue weighted by Crippen LogP contribution is 2.05. The van der Waals surface area contributed by atoms with E-state index in [-0.39, 0.29) is 17.6 Å². The van der Waals surface area contributed by atoms with Crippen LogP contribution in [0.4, 0.5) is 0 Å². The second-order valence-electron chi connectivity index (χ2n) is 3.15. The van der Waals surface area contributed by atoms with Gasteiger partial charge in [0.2, 0.25) is 0 Å². The summed E-state index contributed by atoms with van der Waals surface area (Å²) < 4.78 is 1.42. The number of aliphatic hydroxyl groups excluding tert-OH is 1. The number of carbonyl (C=O) groups excluding carboxylic acids is 1. The topological polar surface area (TPSA) is 42.2 Å². The van der Waals surface area contributed by atoms with Gasteiger partial charge in [0, 0.05) is 24.4 Å². The minimum absolute atomic E-state index is 0.0143. The summed E-state index contributed by atoms with van der Waals surface area (Å²) in [7, 11) is 0. The molecule has 0 amide bonds. The van der Waals surface area contributed by atoms with E-state index in [1.54, 1.807) is 24.5 Å². The SMILES string of the molecule is CC(C)C(O)=CC(=O)n1cccc1. The predicted octanol–water partition coefficient (Wildman–Crippen LogP) is 2.23. The summed E-state index contributed by atoms with van der Waals surface area (Å²) in [5.74, 6) is -0.130. The van der Waals surface area contributed by atoms with Crippen molar-refractivity contribution >= 4 is 5.91 Å². The minimum Gasteiger partial charge on any atom is -0.512 e. The van der Waals surface area contributed by atoms with E-state index in [0.717, 1.165) is 0 Å². The Morgan fingerprint density at radius 2 is 1.92 bits per heavy atom. The first kappa shape index (κ1) is 9.58. The van der Waals surface area contributed by atoms with E-state index in [9.17, 15) is 9.90 Å². The standard InChI is InChI=1S/C10H13NO2/c1-8(2)9(12)7-10(13)11-5-3-4-6-11/h3-8,12H,1-2H3. The smallest absolute Gasteiger partial charge is 0.257 e. The largest absolute Gasteiger partial charge is 0.512 e. The fourth-order valence-electron chi connectivity index (χ4n) is 0.849. The van der Waals surface area contributed by atoms with Crippen molar-refractivity contribution in [1.29, 1.82) is 0 Å². The third kappa shape index (κ3) is 2.47. The number of nitrogens with zero attached hydrogens (tertiary/aromatic N) is 1. The maximum absolute atomic E-state index is 11.3. The number of rotatable bonds is 2. The molecule has 1 rings (SSSR count). The Balaban J connectivity index is 2.76. The van der Waals surface area contributed by atoms with Crippen LogP contribution in [-0.4, -0.2) is 15.6 Å². The van der Waals surface area contributed by atoms with Crippen LogP contribution in [0.5, 0.6) is 0 Å². The van der Waals surface area contributed by atoms with Gasteiger partial charge in [-0.2, -0.15) is 0 Å². The number of carbonyl (C=O) groups is 1. The zero-order chi connectivity index (χ0) is 9.84. The zero-order valence-corrected chi connectivity index (χ0v) is 7.77. The van der Waals surface area contributed by atoms with Crippen molar-refractivity contribution in [2.24, 2.45) is 5.92 Å². The predicted molar refractivity (Wildman–Crippen MR) is 50.6 cm³/mol. The second-order valence-corrected chi connectivity index (χ2v) is 3.15. The summed E-state index contributed by atoms with van der Waals surface area (Å²) in [5.41, 5.74) is 0. The van der Waals surface area contributed by atoms with E-state index in [4.69, 9.17) is 0 Å². The molecule has 3 heteroatoms. The summed E-state index contributed by atoms with van der Waals surface area (Å²) in [4.78, 5) is 11.3. The molecule has 0 aliphatic rings. The highest BCUT2D eigenvalue weighted by Gasteiger charge is 2.04. The average Bonchev–Trinajstić information content (AvgIpc) is 2.55. The molecule has 0 bridgehead atoms. The van der Waals surface area contributed by atoms with Crippen molar-refractivity contribution in [3.63, 3.8) is 0 Å². The lowest BCUT2D eigenvalue weighted by Crippen LogP contribution is -2.06. The zero-order valence-electron chi connectivity index (χ0n) is 7.77. The molecule has 3 nitrogen and oxygen atoms in total. The molecule has 0 aliphatic heterocycles. The molecule has 0 spiro atoms. The molecule has 0 atom stereocenters. The van der Waals surface area contributed by atoms with Crippen molar-refractivity contribution in [1.82, 2.24) is 4.57 Å². The van der Waals surface area contributed by atoms with Gasteiger partial charge in [0.25, 0.3) is 5.91 Å². The molecule has 1 N–H and O–H groups in total. The molecular weight excluding hydrogens is 166 g/mol. The maximum atomic E-state index is 11.3. The highest BCUT2D eigenvalue weighted by atomic mass is 16.3. The molecule has 70 valence electrons.